The van der Waals surface area contributed by atoms with Gasteiger partial charge in [0.1, 0.15) is 11.4 Å². The van der Waals surface area contributed by atoms with Crippen molar-refractivity contribution in [2.45, 2.75) is 63.8 Å². The average Bonchev–Trinajstić information content (AvgIpc) is 2.70. The lowest BCUT2D eigenvalue weighted by Crippen LogP contribution is -2.57. The number of urea groups is 1. The first kappa shape index (κ1) is 22.1. The Bertz CT molecular complexity index is 981. The molecule has 4 rings (SSSR count). The number of alkyl carbamates (subject to hydrolysis) is 1. The van der Waals surface area contributed by atoms with Crippen LogP contribution in [0.1, 0.15) is 56.3 Å². The van der Waals surface area contributed by atoms with Crippen molar-refractivity contribution in [3.05, 3.63) is 71.0 Å². The Morgan fingerprint density at radius 1 is 1.00 bits per heavy atom. The Hall–Kier alpha value is -3.09. The molecule has 1 aliphatic heterocycles. The van der Waals surface area contributed by atoms with Gasteiger partial charge in [-0.2, -0.15) is 0 Å². The summed E-state index contributed by atoms with van der Waals surface area (Å²) in [5.41, 5.74) is 2.61. The number of carbonyl (C=O) groups excluding carboxylic acids is 2. The van der Waals surface area contributed by atoms with Crippen LogP contribution in [0.4, 0.5) is 14.0 Å². The fourth-order valence-electron chi connectivity index (χ4n) is 4.38. The number of ether oxygens (including phenoxy) is 1. The van der Waals surface area contributed by atoms with E-state index < -0.39 is 11.7 Å². The molecule has 0 unspecified atom stereocenters. The zero-order valence-electron chi connectivity index (χ0n) is 18.7. The van der Waals surface area contributed by atoms with Crippen molar-refractivity contribution in [2.24, 2.45) is 0 Å². The van der Waals surface area contributed by atoms with Crippen LogP contribution in [0.25, 0.3) is 0 Å². The molecule has 170 valence electrons. The molecule has 2 aromatic rings. The molecule has 32 heavy (non-hydrogen) atoms. The maximum absolute atomic E-state index is 13.5. The lowest BCUT2D eigenvalue weighted by atomic mass is 9.86. The molecule has 1 fully saturated rings. The minimum Gasteiger partial charge on any atom is -0.444 e. The fraction of sp³-hybridized carbons (Fsp3) is 0.440. The fourth-order valence-corrected chi connectivity index (χ4v) is 4.38. The molecule has 0 aromatic heterocycles. The quantitative estimate of drug-likeness (QED) is 0.738. The normalized spacial score (nSPS) is 22.4. The van der Waals surface area contributed by atoms with Gasteiger partial charge >= 0.3 is 12.1 Å². The van der Waals surface area contributed by atoms with Crippen LogP contribution in [0.5, 0.6) is 0 Å². The van der Waals surface area contributed by atoms with Crippen molar-refractivity contribution < 1.29 is 18.7 Å². The molecule has 1 heterocycles. The van der Waals surface area contributed by atoms with Gasteiger partial charge < -0.3 is 20.3 Å². The van der Waals surface area contributed by atoms with Crippen LogP contribution in [0.3, 0.4) is 0 Å². The van der Waals surface area contributed by atoms with E-state index in [1.54, 1.807) is 12.1 Å². The first-order valence-electron chi connectivity index (χ1n) is 11.1. The molecular weight excluding hydrogens is 409 g/mol. The van der Waals surface area contributed by atoms with E-state index in [2.05, 4.69) is 16.7 Å². The average molecular weight is 440 g/mol. The van der Waals surface area contributed by atoms with E-state index in [0.717, 1.165) is 17.5 Å². The Morgan fingerprint density at radius 2 is 1.66 bits per heavy atom. The molecule has 2 aromatic carbocycles. The molecule has 1 atom stereocenters. The van der Waals surface area contributed by atoms with Crippen molar-refractivity contribution in [3.63, 3.8) is 0 Å². The van der Waals surface area contributed by atoms with Crippen molar-refractivity contribution in [3.8, 4) is 0 Å². The van der Waals surface area contributed by atoms with Gasteiger partial charge in [-0.3, -0.25) is 0 Å². The summed E-state index contributed by atoms with van der Waals surface area (Å²) in [6.45, 7) is 6.05. The minimum absolute atomic E-state index is 0.00604. The van der Waals surface area contributed by atoms with Crippen molar-refractivity contribution >= 4 is 12.1 Å². The third kappa shape index (κ3) is 5.03. The number of rotatable bonds is 3. The summed E-state index contributed by atoms with van der Waals surface area (Å²) in [6.07, 6.45) is 1.67. The Labute approximate surface area is 188 Å². The first-order valence-corrected chi connectivity index (χ1v) is 11.1. The molecule has 2 aliphatic rings. The summed E-state index contributed by atoms with van der Waals surface area (Å²) in [4.78, 5) is 27.0. The molecule has 6 nitrogen and oxygen atoms in total. The second-order valence-electron chi connectivity index (χ2n) is 9.56. The smallest absolute Gasteiger partial charge is 0.407 e. The van der Waals surface area contributed by atoms with Gasteiger partial charge in [-0.05, 0) is 68.9 Å². The van der Waals surface area contributed by atoms with E-state index in [1.165, 1.54) is 17.7 Å². The highest BCUT2D eigenvalue weighted by Gasteiger charge is 2.36. The highest BCUT2D eigenvalue weighted by molar-refractivity contribution is 5.76. The monoisotopic (exact) mass is 439 g/mol. The lowest BCUT2D eigenvalue weighted by Gasteiger charge is -2.41. The lowest BCUT2D eigenvalue weighted by molar-refractivity contribution is 0.0466. The van der Waals surface area contributed by atoms with Gasteiger partial charge in [-0.15, -0.1) is 0 Å². The maximum Gasteiger partial charge on any atom is 0.407 e. The van der Waals surface area contributed by atoms with Gasteiger partial charge in [0.05, 0.1) is 6.04 Å². The number of benzene rings is 2. The molecule has 0 spiro atoms. The minimum atomic E-state index is -0.540. The molecule has 1 aliphatic carbocycles. The second-order valence-corrected chi connectivity index (χ2v) is 9.56. The Morgan fingerprint density at radius 3 is 2.34 bits per heavy atom. The predicted molar refractivity (Wildman–Crippen MR) is 120 cm³/mol. The van der Waals surface area contributed by atoms with E-state index >= 15 is 0 Å². The van der Waals surface area contributed by atoms with Crippen LogP contribution in [0, 0.1) is 5.82 Å². The van der Waals surface area contributed by atoms with Gasteiger partial charge in [0.2, 0.25) is 0 Å². The molecule has 0 bridgehead atoms. The Kier molecular flexibility index (Phi) is 6.09. The van der Waals surface area contributed by atoms with E-state index in [9.17, 15) is 14.0 Å². The van der Waals surface area contributed by atoms with Crippen LogP contribution in [0.2, 0.25) is 0 Å². The summed E-state index contributed by atoms with van der Waals surface area (Å²) in [5.74, 6) is -0.299. The second kappa shape index (κ2) is 8.81. The van der Waals surface area contributed by atoms with Crippen LogP contribution in [0.15, 0.2) is 48.5 Å². The number of hydrogen-bond donors (Lipinski definition) is 2. The molecule has 0 radical (unpaired) electrons. The van der Waals surface area contributed by atoms with Crippen LogP contribution in [-0.4, -0.2) is 41.3 Å². The summed E-state index contributed by atoms with van der Waals surface area (Å²) in [6, 6.07) is 14.0. The number of amides is 3. The molecule has 7 heteroatoms. The van der Waals surface area contributed by atoms with E-state index in [-0.39, 0.29) is 30.0 Å². The van der Waals surface area contributed by atoms with Crippen molar-refractivity contribution in [1.29, 1.82) is 0 Å². The van der Waals surface area contributed by atoms with Gasteiger partial charge in [-0.1, -0.05) is 36.4 Å². The number of hydrogen-bond acceptors (Lipinski definition) is 3. The Balaban J connectivity index is 1.41. The number of nitrogens with one attached hydrogen (secondary N) is 2. The first-order chi connectivity index (χ1) is 15.2. The summed E-state index contributed by atoms with van der Waals surface area (Å²) in [7, 11) is 0. The largest absolute Gasteiger partial charge is 0.444 e. The van der Waals surface area contributed by atoms with Gasteiger partial charge in [-0.25, -0.2) is 14.0 Å². The van der Waals surface area contributed by atoms with Gasteiger partial charge in [0.25, 0.3) is 0 Å². The number of fused-ring (bicyclic) bond motifs is 1. The van der Waals surface area contributed by atoms with Crippen molar-refractivity contribution in [1.82, 2.24) is 15.5 Å². The molecule has 2 N–H and O–H groups in total. The third-order valence-corrected chi connectivity index (χ3v) is 5.92. The molecule has 0 saturated heterocycles. The molecular formula is C25H30FN3O3. The number of carbonyl (C=O) groups is 2. The highest BCUT2D eigenvalue weighted by Crippen LogP contribution is 2.35. The van der Waals surface area contributed by atoms with Gasteiger partial charge in [0.15, 0.2) is 0 Å². The van der Waals surface area contributed by atoms with E-state index in [4.69, 9.17) is 4.74 Å². The molecule has 1 saturated carbocycles. The van der Waals surface area contributed by atoms with Gasteiger partial charge in [0, 0.05) is 18.6 Å². The zero-order chi connectivity index (χ0) is 22.9. The SMILES string of the molecule is CC(C)(C)OC(=O)NC1CC(NC(=O)N2CCc3ccccc3[C@@H]2c2ccc(F)cc2)C1. The van der Waals surface area contributed by atoms with Crippen LogP contribution < -0.4 is 10.6 Å². The number of halogens is 1. The van der Waals surface area contributed by atoms with E-state index in [1.807, 2.05) is 43.9 Å². The standard InChI is InChI=1S/C25H30FN3O3/c1-25(2,3)32-24(31)28-20-14-19(15-20)27-23(30)29-13-12-16-6-4-5-7-21(16)22(29)17-8-10-18(26)11-9-17/h4-11,19-20,22H,12-15H2,1-3H3,(H,27,30)(H,28,31)/t19?,20?,22-/m0/s1. The van der Waals surface area contributed by atoms with Crippen molar-refractivity contribution in [2.75, 3.05) is 6.54 Å². The topological polar surface area (TPSA) is 70.7 Å². The number of nitrogens with zero attached hydrogens (tertiary/aromatic N) is 1. The zero-order valence-corrected chi connectivity index (χ0v) is 18.7. The molecule has 3 amide bonds. The van der Waals surface area contributed by atoms with E-state index in [0.29, 0.717) is 19.4 Å². The van der Waals surface area contributed by atoms with Crippen LogP contribution in [-0.2, 0) is 11.2 Å². The third-order valence-electron chi connectivity index (χ3n) is 5.92. The maximum atomic E-state index is 13.5. The summed E-state index contributed by atoms with van der Waals surface area (Å²) >= 11 is 0. The summed E-state index contributed by atoms with van der Waals surface area (Å²) < 4.78 is 18.8. The predicted octanol–water partition coefficient (Wildman–Crippen LogP) is 4.54. The highest BCUT2D eigenvalue weighted by atomic mass is 19.1. The summed E-state index contributed by atoms with van der Waals surface area (Å²) in [5, 5.41) is 5.95. The van der Waals surface area contributed by atoms with Crippen LogP contribution >= 0.6 is 0 Å².